The number of fused-ring (bicyclic) bond motifs is 6. The Morgan fingerprint density at radius 2 is 1.90 bits per heavy atom. The van der Waals surface area contributed by atoms with Gasteiger partial charge < -0.3 is 4.98 Å². The summed E-state index contributed by atoms with van der Waals surface area (Å²) in [6.07, 6.45) is 4.19. The minimum atomic E-state index is 0.112. The molecule has 21 heavy (non-hydrogen) atoms. The molecule has 0 spiro atoms. The van der Waals surface area contributed by atoms with Crippen LogP contribution in [0.15, 0.2) is 40.2 Å². The number of nitrogens with one attached hydrogen (secondary N) is 1. The first-order valence-electron chi connectivity index (χ1n) is 7.76. The Balaban J connectivity index is 1.70. The van der Waals surface area contributed by atoms with Gasteiger partial charge in [0.25, 0.3) is 0 Å². The molecule has 0 amide bonds. The fourth-order valence-corrected chi connectivity index (χ4v) is 7.78. The summed E-state index contributed by atoms with van der Waals surface area (Å²) in [5.74, 6) is 2.90. The number of aromatic amines is 1. The van der Waals surface area contributed by atoms with E-state index in [1.54, 1.807) is 0 Å². The van der Waals surface area contributed by atoms with Crippen molar-refractivity contribution in [2.45, 2.75) is 35.5 Å². The number of rotatable bonds is 1. The molecular formula is C17H17NOS2. The lowest BCUT2D eigenvalue weighted by molar-refractivity contribution is 0.307. The Bertz CT molecular complexity index is 735. The first kappa shape index (κ1) is 12.5. The van der Waals surface area contributed by atoms with Crippen molar-refractivity contribution in [1.29, 1.82) is 0 Å². The highest BCUT2D eigenvalue weighted by Gasteiger charge is 2.54. The zero-order valence-corrected chi connectivity index (χ0v) is 13.3. The van der Waals surface area contributed by atoms with Gasteiger partial charge in [0.15, 0.2) is 0 Å². The van der Waals surface area contributed by atoms with Crippen LogP contribution in [-0.4, -0.2) is 10.2 Å². The Morgan fingerprint density at radius 3 is 2.76 bits per heavy atom. The minimum Gasteiger partial charge on any atom is -0.307 e. The van der Waals surface area contributed by atoms with Gasteiger partial charge in [0.05, 0.1) is 5.03 Å². The molecule has 1 aromatic carbocycles. The van der Waals surface area contributed by atoms with Crippen LogP contribution in [0.25, 0.3) is 0 Å². The average Bonchev–Trinajstić information content (AvgIpc) is 3.18. The molecule has 1 N–H and O–H groups in total. The second-order valence-corrected chi connectivity index (χ2v) is 8.79. The minimum absolute atomic E-state index is 0.112. The highest BCUT2D eigenvalue weighted by molar-refractivity contribution is 8.00. The fraction of sp³-hybridized carbons (Fsp3) is 0.471. The number of H-pyrrole nitrogens is 1. The first-order valence-corrected chi connectivity index (χ1v) is 9.45. The third-order valence-corrected chi connectivity index (χ3v) is 8.25. The van der Waals surface area contributed by atoms with Crippen molar-refractivity contribution in [3.63, 3.8) is 0 Å². The van der Waals surface area contributed by atoms with Crippen LogP contribution in [0.1, 0.15) is 35.6 Å². The molecule has 5 rings (SSSR count). The molecule has 2 bridgehead atoms. The highest BCUT2D eigenvalue weighted by Crippen LogP contribution is 2.63. The summed E-state index contributed by atoms with van der Waals surface area (Å²) in [5.41, 5.74) is 1.40. The van der Waals surface area contributed by atoms with Gasteiger partial charge in [0, 0.05) is 16.0 Å². The number of hydrogen-bond acceptors (Lipinski definition) is 3. The van der Waals surface area contributed by atoms with Gasteiger partial charge in [-0.2, -0.15) is 0 Å². The van der Waals surface area contributed by atoms with E-state index >= 15 is 0 Å². The quantitative estimate of drug-likeness (QED) is 0.860. The molecule has 0 radical (unpaired) electrons. The SMILES string of the molecule is O=c1[nH]c2c(s1)[C@H](c1ccccc1)[C@H]1[C@H]3CC[C@@H](C3)[C@@H]1S2. The molecule has 2 heterocycles. The van der Waals surface area contributed by atoms with Crippen LogP contribution < -0.4 is 4.87 Å². The van der Waals surface area contributed by atoms with E-state index in [4.69, 9.17) is 0 Å². The van der Waals surface area contributed by atoms with E-state index in [2.05, 4.69) is 35.3 Å². The third kappa shape index (κ3) is 1.75. The molecule has 5 atom stereocenters. The molecule has 1 aromatic heterocycles. The molecule has 2 aliphatic carbocycles. The maximum atomic E-state index is 11.9. The number of benzene rings is 1. The first-order chi connectivity index (χ1) is 10.3. The predicted molar refractivity (Wildman–Crippen MR) is 87.2 cm³/mol. The average molecular weight is 315 g/mol. The van der Waals surface area contributed by atoms with Crippen molar-refractivity contribution in [3.8, 4) is 0 Å². The normalized spacial score (nSPS) is 36.5. The van der Waals surface area contributed by atoms with Crippen LogP contribution in [0.5, 0.6) is 0 Å². The van der Waals surface area contributed by atoms with Crippen LogP contribution in [0.4, 0.5) is 0 Å². The van der Waals surface area contributed by atoms with Gasteiger partial charge in [-0.25, -0.2) is 0 Å². The molecule has 2 nitrogen and oxygen atoms in total. The lowest BCUT2D eigenvalue weighted by Gasteiger charge is -2.40. The van der Waals surface area contributed by atoms with Gasteiger partial charge in [-0.15, -0.1) is 11.8 Å². The zero-order chi connectivity index (χ0) is 14.0. The summed E-state index contributed by atoms with van der Waals surface area (Å²) in [6, 6.07) is 10.8. The summed E-state index contributed by atoms with van der Waals surface area (Å²) < 4.78 is 0. The molecule has 1 aliphatic heterocycles. The van der Waals surface area contributed by atoms with Gasteiger partial charge in [-0.1, -0.05) is 41.7 Å². The summed E-state index contributed by atoms with van der Waals surface area (Å²) in [7, 11) is 0. The molecule has 2 fully saturated rings. The Morgan fingerprint density at radius 1 is 1.10 bits per heavy atom. The van der Waals surface area contributed by atoms with Crippen LogP contribution in [0.3, 0.4) is 0 Å². The van der Waals surface area contributed by atoms with Crippen molar-refractivity contribution in [2.24, 2.45) is 17.8 Å². The summed E-state index contributed by atoms with van der Waals surface area (Å²) in [4.78, 5) is 16.4. The van der Waals surface area contributed by atoms with Crippen LogP contribution >= 0.6 is 23.1 Å². The number of hydrogen-bond donors (Lipinski definition) is 1. The molecule has 0 unspecified atom stereocenters. The van der Waals surface area contributed by atoms with E-state index in [0.29, 0.717) is 11.2 Å². The van der Waals surface area contributed by atoms with E-state index in [1.165, 1.54) is 41.0 Å². The molecule has 2 saturated carbocycles. The van der Waals surface area contributed by atoms with E-state index in [0.717, 1.165) is 22.8 Å². The van der Waals surface area contributed by atoms with Crippen molar-refractivity contribution in [2.75, 3.05) is 0 Å². The highest BCUT2D eigenvalue weighted by atomic mass is 32.2. The summed E-state index contributed by atoms with van der Waals surface area (Å²) >= 11 is 3.40. The molecule has 108 valence electrons. The number of aromatic nitrogens is 1. The van der Waals surface area contributed by atoms with Crippen LogP contribution in [0.2, 0.25) is 0 Å². The van der Waals surface area contributed by atoms with E-state index in [9.17, 15) is 4.79 Å². The molecule has 3 aliphatic rings. The van der Waals surface area contributed by atoms with Crippen molar-refractivity contribution in [1.82, 2.24) is 4.98 Å². The fourth-order valence-electron chi connectivity index (χ4n) is 4.88. The lowest BCUT2D eigenvalue weighted by Crippen LogP contribution is -2.33. The zero-order valence-electron chi connectivity index (χ0n) is 11.6. The second kappa shape index (κ2) is 4.50. The predicted octanol–water partition coefficient (Wildman–Crippen LogP) is 4.09. The van der Waals surface area contributed by atoms with Gasteiger partial charge in [-0.05, 0) is 42.6 Å². The Labute approximate surface area is 132 Å². The largest absolute Gasteiger partial charge is 0.307 e. The number of thioether (sulfide) groups is 1. The van der Waals surface area contributed by atoms with Gasteiger partial charge in [0.2, 0.25) is 0 Å². The van der Waals surface area contributed by atoms with Crippen molar-refractivity contribution in [3.05, 3.63) is 50.4 Å². The van der Waals surface area contributed by atoms with Crippen LogP contribution in [-0.2, 0) is 0 Å². The topological polar surface area (TPSA) is 32.9 Å². The Hall–Kier alpha value is -1.00. The third-order valence-electron chi connectivity index (χ3n) is 5.62. The maximum Gasteiger partial charge on any atom is 0.305 e. The Kier molecular flexibility index (Phi) is 2.68. The standard InChI is InChI=1S/C17H17NOS2/c19-17-18-16-15(21-17)12(9-4-2-1-3-5-9)13-10-6-7-11(8-10)14(13)20-16/h1-5,10-14H,6-8H2,(H,18,19)/t10-,11-,12+,13+,14-/m0/s1. The van der Waals surface area contributed by atoms with E-state index in [-0.39, 0.29) is 4.87 Å². The summed E-state index contributed by atoms with van der Waals surface area (Å²) in [5, 5.41) is 1.87. The van der Waals surface area contributed by atoms with Gasteiger partial charge in [0.1, 0.15) is 0 Å². The molecule has 2 aromatic rings. The van der Waals surface area contributed by atoms with Gasteiger partial charge in [-0.3, -0.25) is 4.79 Å². The van der Waals surface area contributed by atoms with Gasteiger partial charge >= 0.3 is 4.87 Å². The second-order valence-electron chi connectivity index (χ2n) is 6.59. The molecule has 4 heteroatoms. The monoisotopic (exact) mass is 315 g/mol. The molecular weight excluding hydrogens is 298 g/mol. The van der Waals surface area contributed by atoms with Crippen molar-refractivity contribution >= 4 is 23.1 Å². The smallest absolute Gasteiger partial charge is 0.305 e. The lowest BCUT2D eigenvalue weighted by atomic mass is 9.75. The summed E-state index contributed by atoms with van der Waals surface area (Å²) in [6.45, 7) is 0. The number of thiazole rings is 1. The van der Waals surface area contributed by atoms with Crippen LogP contribution in [0, 0.1) is 17.8 Å². The maximum absolute atomic E-state index is 11.9. The van der Waals surface area contributed by atoms with Crippen molar-refractivity contribution < 1.29 is 0 Å². The van der Waals surface area contributed by atoms with E-state index < -0.39 is 0 Å². The van der Waals surface area contributed by atoms with E-state index in [1.807, 2.05) is 11.8 Å². The molecule has 0 saturated heterocycles.